The van der Waals surface area contributed by atoms with Crippen LogP contribution in [0.15, 0.2) is 28.7 Å². The molecule has 0 saturated heterocycles. The van der Waals surface area contributed by atoms with Gasteiger partial charge in [0.15, 0.2) is 9.84 Å². The summed E-state index contributed by atoms with van der Waals surface area (Å²) in [6, 6.07) is 7.42. The summed E-state index contributed by atoms with van der Waals surface area (Å²) in [5, 5.41) is 0.897. The zero-order chi connectivity index (χ0) is 12.5. The zero-order valence-corrected chi connectivity index (χ0v) is 10.5. The van der Waals surface area contributed by atoms with Crippen LogP contribution in [0, 0.1) is 0 Å². The Morgan fingerprint density at radius 2 is 2.12 bits per heavy atom. The molecule has 92 valence electrons. The highest BCUT2D eigenvalue weighted by molar-refractivity contribution is 7.90. The summed E-state index contributed by atoms with van der Waals surface area (Å²) < 4.78 is 28.6. The average Bonchev–Trinajstić information content (AvgIpc) is 2.70. The highest BCUT2D eigenvalue weighted by Crippen LogP contribution is 2.24. The van der Waals surface area contributed by atoms with Crippen LogP contribution >= 0.6 is 0 Å². The zero-order valence-electron chi connectivity index (χ0n) is 9.64. The molecule has 0 aliphatic heterocycles. The Morgan fingerprint density at radius 3 is 2.76 bits per heavy atom. The quantitative estimate of drug-likeness (QED) is 0.902. The van der Waals surface area contributed by atoms with Crippen molar-refractivity contribution in [2.75, 3.05) is 5.75 Å². The van der Waals surface area contributed by atoms with Gasteiger partial charge in [0.05, 0.1) is 0 Å². The van der Waals surface area contributed by atoms with Crippen LogP contribution in [0.5, 0.6) is 0 Å². The number of benzene rings is 1. The second-order valence-corrected chi connectivity index (χ2v) is 6.28. The van der Waals surface area contributed by atoms with Gasteiger partial charge in [0.25, 0.3) is 0 Å². The van der Waals surface area contributed by atoms with Crippen molar-refractivity contribution in [3.8, 4) is 0 Å². The van der Waals surface area contributed by atoms with E-state index in [1.54, 1.807) is 13.0 Å². The third kappa shape index (κ3) is 2.50. The molecule has 0 spiro atoms. The van der Waals surface area contributed by atoms with E-state index in [0.29, 0.717) is 17.9 Å². The Morgan fingerprint density at radius 1 is 1.35 bits per heavy atom. The van der Waals surface area contributed by atoms with Crippen molar-refractivity contribution in [1.82, 2.24) is 0 Å². The molecule has 4 nitrogen and oxygen atoms in total. The molecule has 0 saturated carbocycles. The van der Waals surface area contributed by atoms with Crippen molar-refractivity contribution in [2.45, 2.75) is 19.2 Å². The summed E-state index contributed by atoms with van der Waals surface area (Å²) in [6.07, 6.45) is 0. The second kappa shape index (κ2) is 4.50. The molecule has 2 aromatic rings. The molecule has 0 radical (unpaired) electrons. The number of nitrogens with two attached hydrogens (primary N) is 1. The van der Waals surface area contributed by atoms with Gasteiger partial charge in [0.2, 0.25) is 0 Å². The van der Waals surface area contributed by atoms with E-state index in [9.17, 15) is 8.42 Å². The van der Waals surface area contributed by atoms with Gasteiger partial charge in [-0.25, -0.2) is 8.42 Å². The fraction of sp³-hybridized carbons (Fsp3) is 0.333. The molecule has 0 aliphatic rings. The molecule has 0 bridgehead atoms. The van der Waals surface area contributed by atoms with Crippen LogP contribution in [-0.4, -0.2) is 14.2 Å². The topological polar surface area (TPSA) is 73.3 Å². The van der Waals surface area contributed by atoms with Crippen LogP contribution in [0.3, 0.4) is 0 Å². The number of fused-ring (bicyclic) bond motifs is 1. The van der Waals surface area contributed by atoms with Gasteiger partial charge < -0.3 is 10.2 Å². The van der Waals surface area contributed by atoms with Gasteiger partial charge in [-0.2, -0.15) is 0 Å². The van der Waals surface area contributed by atoms with E-state index in [0.717, 1.165) is 10.9 Å². The molecule has 0 atom stereocenters. The molecule has 2 N–H and O–H groups in total. The Labute approximate surface area is 100 Å². The summed E-state index contributed by atoms with van der Waals surface area (Å²) in [5.74, 6) is 0.540. The van der Waals surface area contributed by atoms with Gasteiger partial charge >= 0.3 is 0 Å². The van der Waals surface area contributed by atoms with E-state index < -0.39 is 9.84 Å². The second-order valence-electron chi connectivity index (χ2n) is 3.93. The van der Waals surface area contributed by atoms with Crippen molar-refractivity contribution in [3.63, 3.8) is 0 Å². The van der Waals surface area contributed by atoms with E-state index in [1.165, 1.54) is 0 Å². The van der Waals surface area contributed by atoms with Crippen molar-refractivity contribution in [3.05, 3.63) is 35.6 Å². The van der Waals surface area contributed by atoms with Crippen LogP contribution in [0.25, 0.3) is 11.0 Å². The first-order valence-electron chi connectivity index (χ1n) is 5.46. The first-order chi connectivity index (χ1) is 8.05. The first kappa shape index (κ1) is 12.1. The van der Waals surface area contributed by atoms with Crippen molar-refractivity contribution in [1.29, 1.82) is 0 Å². The third-order valence-electron chi connectivity index (χ3n) is 2.70. The number of sulfone groups is 1. The summed E-state index contributed by atoms with van der Waals surface area (Å²) in [5.41, 5.74) is 7.18. The number of furan rings is 1. The fourth-order valence-electron chi connectivity index (χ4n) is 1.73. The number of para-hydroxylation sites is 1. The summed E-state index contributed by atoms with van der Waals surface area (Å²) in [6.45, 7) is 2.01. The minimum absolute atomic E-state index is 0.0534. The van der Waals surface area contributed by atoms with Crippen LogP contribution in [0.4, 0.5) is 0 Å². The summed E-state index contributed by atoms with van der Waals surface area (Å²) in [4.78, 5) is 0. The number of hydrogen-bond acceptors (Lipinski definition) is 4. The molecule has 5 heteroatoms. The van der Waals surface area contributed by atoms with Crippen LogP contribution < -0.4 is 5.73 Å². The maximum Gasteiger partial charge on any atom is 0.157 e. The van der Waals surface area contributed by atoms with Gasteiger partial charge in [-0.15, -0.1) is 0 Å². The van der Waals surface area contributed by atoms with Gasteiger partial charge in [0, 0.05) is 23.2 Å². The first-order valence-corrected chi connectivity index (χ1v) is 7.28. The third-order valence-corrected chi connectivity index (χ3v) is 4.30. The van der Waals surface area contributed by atoms with Gasteiger partial charge in [0.1, 0.15) is 17.1 Å². The predicted octanol–water partition coefficient (Wildman–Crippen LogP) is 1.83. The molecule has 0 aliphatic carbocycles. The molecular weight excluding hydrogens is 238 g/mol. The van der Waals surface area contributed by atoms with Gasteiger partial charge in [-0.05, 0) is 6.07 Å². The minimum Gasteiger partial charge on any atom is -0.460 e. The molecule has 17 heavy (non-hydrogen) atoms. The molecule has 1 heterocycles. The van der Waals surface area contributed by atoms with E-state index in [-0.39, 0.29) is 11.5 Å². The average molecular weight is 253 g/mol. The standard InChI is InChI=1S/C12H15NO3S/c1-2-17(14,15)8-11-6-9-4-3-5-10(7-13)12(9)16-11/h3-6H,2,7-8,13H2,1H3. The normalized spacial score (nSPS) is 12.1. The Hall–Kier alpha value is -1.33. The Kier molecular flexibility index (Phi) is 3.22. The van der Waals surface area contributed by atoms with E-state index in [2.05, 4.69) is 0 Å². The van der Waals surface area contributed by atoms with E-state index in [4.69, 9.17) is 10.2 Å². The van der Waals surface area contributed by atoms with Crippen molar-refractivity contribution < 1.29 is 12.8 Å². The minimum atomic E-state index is -3.06. The number of hydrogen-bond donors (Lipinski definition) is 1. The smallest absolute Gasteiger partial charge is 0.157 e. The Bertz CT molecular complexity index is 628. The Balaban J connectivity index is 2.45. The molecule has 1 aromatic carbocycles. The predicted molar refractivity (Wildman–Crippen MR) is 67.3 cm³/mol. The van der Waals surface area contributed by atoms with Gasteiger partial charge in [-0.1, -0.05) is 25.1 Å². The molecule has 1 aromatic heterocycles. The SMILES string of the molecule is CCS(=O)(=O)Cc1cc2cccc(CN)c2o1. The maximum atomic E-state index is 11.5. The van der Waals surface area contributed by atoms with E-state index in [1.807, 2.05) is 18.2 Å². The molecule has 0 amide bonds. The van der Waals surface area contributed by atoms with Crippen molar-refractivity contribution in [2.24, 2.45) is 5.73 Å². The van der Waals surface area contributed by atoms with Crippen LogP contribution in [0.1, 0.15) is 18.2 Å². The van der Waals surface area contributed by atoms with Crippen LogP contribution in [-0.2, 0) is 22.1 Å². The molecule has 0 unspecified atom stereocenters. The maximum absolute atomic E-state index is 11.5. The van der Waals surface area contributed by atoms with Gasteiger partial charge in [-0.3, -0.25) is 0 Å². The molecule has 0 fully saturated rings. The molecule has 2 rings (SSSR count). The highest BCUT2D eigenvalue weighted by atomic mass is 32.2. The molecular formula is C12H15NO3S. The van der Waals surface area contributed by atoms with Crippen molar-refractivity contribution >= 4 is 20.8 Å². The fourth-order valence-corrected chi connectivity index (χ4v) is 2.51. The lowest BCUT2D eigenvalue weighted by atomic mass is 10.1. The highest BCUT2D eigenvalue weighted by Gasteiger charge is 2.14. The summed E-state index contributed by atoms with van der Waals surface area (Å²) in [7, 11) is -3.06. The van der Waals surface area contributed by atoms with E-state index >= 15 is 0 Å². The lowest BCUT2D eigenvalue weighted by Crippen LogP contribution is -2.05. The number of rotatable bonds is 4. The lowest BCUT2D eigenvalue weighted by Gasteiger charge is -1.98. The monoisotopic (exact) mass is 253 g/mol. The summed E-state index contributed by atoms with van der Waals surface area (Å²) >= 11 is 0. The van der Waals surface area contributed by atoms with Crippen LogP contribution in [0.2, 0.25) is 0 Å². The lowest BCUT2D eigenvalue weighted by molar-refractivity contribution is 0.552. The largest absolute Gasteiger partial charge is 0.460 e.